The van der Waals surface area contributed by atoms with Gasteiger partial charge < -0.3 is 16.2 Å². The number of aryl methyl sites for hydroxylation is 3. The first-order valence-corrected chi connectivity index (χ1v) is 32.8. The van der Waals surface area contributed by atoms with Gasteiger partial charge in [-0.1, -0.05) is 70.7 Å². The number of aromatic amines is 4. The molecule has 2 atom stereocenters. The number of nitrogens with zero attached hydrogens (tertiary/aromatic N) is 14. The summed E-state index contributed by atoms with van der Waals surface area (Å²) in [6.07, 6.45) is 37.9. The quantitative estimate of drug-likeness (QED) is 0.0204. The van der Waals surface area contributed by atoms with Crippen molar-refractivity contribution in [2.45, 2.75) is 131 Å². The predicted molar refractivity (Wildman–Crippen MR) is 379 cm³/mol. The van der Waals surface area contributed by atoms with Gasteiger partial charge in [-0.05, 0) is 149 Å². The van der Waals surface area contributed by atoms with Gasteiger partial charge in [0.1, 0.15) is 0 Å². The molecule has 3 aromatic carbocycles. The van der Waals surface area contributed by atoms with Crippen LogP contribution >= 0.6 is 0 Å². The van der Waals surface area contributed by atoms with Crippen LogP contribution in [0.5, 0.6) is 0 Å². The second-order valence-electron chi connectivity index (χ2n) is 23.9. The van der Waals surface area contributed by atoms with Gasteiger partial charge in [0.15, 0.2) is 12.2 Å². The number of rotatable bonds is 19. The average molecular weight is 1280 g/mol. The minimum Gasteiger partial charge on any atom is -0.399 e. The average Bonchev–Trinajstić information content (AvgIpc) is 1.45. The molecule has 15 rings (SSSR count). The van der Waals surface area contributed by atoms with Crippen molar-refractivity contribution in [3.63, 3.8) is 0 Å². The predicted octanol–water partition coefficient (Wildman–Crippen LogP) is 13.2. The molecule has 2 unspecified atom stereocenters. The summed E-state index contributed by atoms with van der Waals surface area (Å²) < 4.78 is 3.66. The Bertz CT molecular complexity index is 4780. The maximum atomic E-state index is 9.33. The number of H-pyrrole nitrogens is 4. The van der Waals surface area contributed by atoms with E-state index in [2.05, 4.69) is 135 Å². The number of pyridine rings is 1. The van der Waals surface area contributed by atoms with Crippen LogP contribution in [0.3, 0.4) is 0 Å². The van der Waals surface area contributed by atoms with E-state index in [1.54, 1.807) is 47.8 Å². The summed E-state index contributed by atoms with van der Waals surface area (Å²) in [5.41, 5.74) is 32.8. The van der Waals surface area contributed by atoms with Crippen LogP contribution in [-0.2, 0) is 13.0 Å². The van der Waals surface area contributed by atoms with Crippen LogP contribution in [0.1, 0.15) is 141 Å². The molecule has 24 heteroatoms. The van der Waals surface area contributed by atoms with E-state index in [4.69, 9.17) is 31.6 Å². The molecule has 490 valence electrons. The lowest BCUT2D eigenvalue weighted by Gasteiger charge is -2.24. The molecule has 0 spiro atoms. The molecule has 0 radical (unpaired) electrons. The summed E-state index contributed by atoms with van der Waals surface area (Å²) in [5, 5.41) is 60.3. The molecular weight excluding hydrogens is 1200 g/mol. The van der Waals surface area contributed by atoms with Crippen LogP contribution in [0.2, 0.25) is 0 Å². The zero-order valence-electron chi connectivity index (χ0n) is 54.8. The minimum absolute atomic E-state index is 0.00871. The second kappa shape index (κ2) is 30.3. The fraction of sp³-hybridized carbons (Fsp3) is 0.278. The molecule has 1 saturated carbocycles. The number of hydrogen-bond donors (Lipinski definition) is 10. The Hall–Kier alpha value is -11.1. The molecule has 96 heavy (non-hydrogen) atoms. The van der Waals surface area contributed by atoms with Crippen molar-refractivity contribution in [3.05, 3.63) is 209 Å². The Labute approximate surface area is 556 Å². The summed E-state index contributed by atoms with van der Waals surface area (Å²) in [6, 6.07) is 21.4. The van der Waals surface area contributed by atoms with E-state index in [1.807, 2.05) is 91.7 Å². The van der Waals surface area contributed by atoms with Crippen molar-refractivity contribution in [1.29, 1.82) is 0 Å². The van der Waals surface area contributed by atoms with Gasteiger partial charge in [0.2, 0.25) is 11.9 Å². The van der Waals surface area contributed by atoms with Gasteiger partial charge >= 0.3 is 0 Å². The molecule has 0 bridgehead atoms. The lowest BCUT2D eigenvalue weighted by Crippen LogP contribution is -2.36. The molecule has 0 saturated heterocycles. The van der Waals surface area contributed by atoms with Gasteiger partial charge in [-0.2, -0.15) is 35.6 Å². The highest BCUT2D eigenvalue weighted by atomic mass is 16.3. The summed E-state index contributed by atoms with van der Waals surface area (Å²) in [5.74, 6) is 1.48. The van der Waals surface area contributed by atoms with E-state index in [0.29, 0.717) is 24.3 Å². The Morgan fingerprint density at radius 2 is 1.57 bits per heavy atom. The lowest BCUT2D eigenvalue weighted by molar-refractivity contribution is 0.142. The lowest BCUT2D eigenvalue weighted by atomic mass is 9.89. The Morgan fingerprint density at radius 1 is 0.781 bits per heavy atom. The molecule has 12 N–H and O–H groups in total. The largest absolute Gasteiger partial charge is 0.399 e. The van der Waals surface area contributed by atoms with Crippen LogP contribution < -0.4 is 27.4 Å². The van der Waals surface area contributed by atoms with Crippen molar-refractivity contribution >= 4 is 73.3 Å². The number of nitrogens with one attached hydrogen (secondary N) is 7. The van der Waals surface area contributed by atoms with Crippen LogP contribution in [-0.4, -0.2) is 102 Å². The van der Waals surface area contributed by atoms with E-state index in [9.17, 15) is 5.11 Å². The number of aliphatic hydroxyl groups is 1. The van der Waals surface area contributed by atoms with Gasteiger partial charge in [0, 0.05) is 99.5 Å². The molecule has 2 aliphatic carbocycles. The van der Waals surface area contributed by atoms with Crippen LogP contribution in [0.4, 0.5) is 23.3 Å². The number of allylic oxidation sites excluding steroid dienone is 4. The molecule has 1 aliphatic heterocycles. The molecule has 10 heterocycles. The highest BCUT2D eigenvalue weighted by Crippen LogP contribution is 2.38. The standard InChI is InChI=1S/C26H28N10.C24H24N6.C19H23N7O.C3H6/c1-4-6-8-18-13-23(30-14-19(18)20-15-31-34-22(20)5-2)21-16-36(35-17(21)3)24-9-12-29-26(32-24)33-25-27-10-7-11-28-25;1-4-6-18-14(2)23-19-12-26-28-21(19)9-10-22(23)27-24(18)20-13-30(29-15(20)3)17-8-5-7-16(25)11-17;20-19(27)21-11-17-15(10-23-26-17)18(12-4-2-1-3-5-12)24-14-6-7-16-13(8-14)9-22-25-16;1-2-3-1/h5,7,9-16,23,30H,2,4,6,8H2,1,3H3,(H,31,34)(H,27,28,29,32,33);5,7-13H,4,6,25H2,1-3H3,(H,26,28);4,6-10,19,21,27H,1-3,5,11,20H2,(H,22,25)(H,23,26);1-3H2. The van der Waals surface area contributed by atoms with E-state index >= 15 is 0 Å². The summed E-state index contributed by atoms with van der Waals surface area (Å²) >= 11 is 0. The first kappa shape index (κ1) is 65.0. The Balaban J connectivity index is 0.000000136. The molecule has 0 amide bonds. The third-order valence-corrected chi connectivity index (χ3v) is 16.8. The van der Waals surface area contributed by atoms with Crippen molar-refractivity contribution in [3.8, 4) is 22.8 Å². The van der Waals surface area contributed by atoms with Crippen molar-refractivity contribution in [2.24, 2.45) is 10.7 Å². The number of aliphatic hydroxyl groups excluding tert-OH is 1. The van der Waals surface area contributed by atoms with Gasteiger partial charge in [0.25, 0.3) is 0 Å². The number of anilines is 3. The first-order chi connectivity index (χ1) is 46.9. The van der Waals surface area contributed by atoms with E-state index in [0.717, 1.165) is 158 Å². The summed E-state index contributed by atoms with van der Waals surface area (Å²) in [6.45, 7) is 14.9. The van der Waals surface area contributed by atoms with Crippen molar-refractivity contribution in [2.75, 3.05) is 11.1 Å². The van der Waals surface area contributed by atoms with Crippen molar-refractivity contribution in [1.82, 2.24) is 95.9 Å². The summed E-state index contributed by atoms with van der Waals surface area (Å²) in [4.78, 5) is 27.3. The smallest absolute Gasteiger partial charge is 0.231 e. The highest BCUT2D eigenvalue weighted by molar-refractivity contribution is 6.14. The first-order valence-electron chi connectivity index (χ1n) is 32.8. The van der Waals surface area contributed by atoms with Gasteiger partial charge in [-0.3, -0.25) is 36.8 Å². The zero-order valence-corrected chi connectivity index (χ0v) is 54.8. The molecule has 24 nitrogen and oxygen atoms in total. The van der Waals surface area contributed by atoms with Crippen molar-refractivity contribution < 1.29 is 5.11 Å². The van der Waals surface area contributed by atoms with E-state index in [1.165, 1.54) is 53.3 Å². The van der Waals surface area contributed by atoms with Crippen LogP contribution in [0.25, 0.3) is 67.1 Å². The number of nitrogens with two attached hydrogens (primary N) is 2. The third-order valence-electron chi connectivity index (χ3n) is 16.8. The second-order valence-corrected chi connectivity index (χ2v) is 23.9. The number of nitrogen functional groups attached to an aromatic ring is 1. The number of aromatic nitrogens is 17. The molecular formula is C72H81N23O. The van der Waals surface area contributed by atoms with Crippen LogP contribution in [0.15, 0.2) is 164 Å². The third kappa shape index (κ3) is 15.3. The number of fused-ring (bicyclic) bond motifs is 4. The zero-order chi connectivity index (χ0) is 66.5. The number of unbranched alkanes of at least 4 members (excludes halogenated alkanes) is 1. The highest BCUT2D eigenvalue weighted by Gasteiger charge is 2.25. The van der Waals surface area contributed by atoms with E-state index in [-0.39, 0.29) is 6.04 Å². The van der Waals surface area contributed by atoms with Gasteiger partial charge in [-0.15, -0.1) is 0 Å². The maximum Gasteiger partial charge on any atom is 0.231 e. The molecule has 9 aromatic heterocycles. The molecule has 3 aliphatic rings. The van der Waals surface area contributed by atoms with Gasteiger partial charge in [-0.25, -0.2) is 34.3 Å². The topological polar surface area (TPSA) is 336 Å². The fourth-order valence-electron chi connectivity index (χ4n) is 11.8. The summed E-state index contributed by atoms with van der Waals surface area (Å²) in [7, 11) is 0. The number of hydrogen-bond acceptors (Lipinski definition) is 18. The molecule has 1 fully saturated rings. The number of benzene rings is 3. The number of dihydropyridines is 1. The number of aliphatic imine (C=N–C) groups is 1. The fourth-order valence-corrected chi connectivity index (χ4v) is 11.8. The SMILES string of the molecule is C1CC1.C=Cc1[nH]ncc1C1=CNC(c2cn(-c3ccnc(Nc4ncccn4)n3)nc2C)C=C1CCCC.CCCc1c(-c2cn(-c3cccc(N)c3)nc2C)nc2ccc3[nH]ncc3c2c1C.NC(O)NCc1[nH]ncc1C(=Nc1ccc2[nH]ncc2c1)C1=CCCCC1. The Morgan fingerprint density at radius 3 is 2.35 bits per heavy atom. The monoisotopic (exact) mass is 1280 g/mol. The molecule has 12 aromatic rings. The normalized spacial score (nSPS) is 14.7. The Kier molecular flexibility index (Phi) is 20.5. The van der Waals surface area contributed by atoms with Gasteiger partial charge in [0.05, 0.1) is 92.9 Å². The minimum atomic E-state index is -1.08. The van der Waals surface area contributed by atoms with E-state index < -0.39 is 6.35 Å². The van der Waals surface area contributed by atoms with Crippen LogP contribution in [0, 0.1) is 20.8 Å². The maximum absolute atomic E-state index is 9.33.